The van der Waals surface area contributed by atoms with Crippen molar-refractivity contribution in [3.8, 4) is 11.5 Å². The third-order valence-corrected chi connectivity index (χ3v) is 5.20. The van der Waals surface area contributed by atoms with Crippen molar-refractivity contribution < 1.29 is 14.3 Å². The van der Waals surface area contributed by atoms with Gasteiger partial charge >= 0.3 is 0 Å². The summed E-state index contributed by atoms with van der Waals surface area (Å²) in [5.74, 6) is 1.97. The van der Waals surface area contributed by atoms with Gasteiger partial charge in [0.05, 0.1) is 6.54 Å². The summed E-state index contributed by atoms with van der Waals surface area (Å²) in [6.45, 7) is 6.39. The van der Waals surface area contributed by atoms with E-state index in [1.807, 2.05) is 37.3 Å². The maximum absolute atomic E-state index is 13.2. The number of carbonyl (C=O) groups is 1. The number of nitrogens with zero attached hydrogens (tertiary/aromatic N) is 3. The van der Waals surface area contributed by atoms with Gasteiger partial charge in [-0.2, -0.15) is 0 Å². The molecule has 2 aliphatic heterocycles. The predicted octanol–water partition coefficient (Wildman–Crippen LogP) is 4.93. The van der Waals surface area contributed by atoms with Gasteiger partial charge in [-0.15, -0.1) is 0 Å². The zero-order valence-electron chi connectivity index (χ0n) is 17.7. The summed E-state index contributed by atoms with van der Waals surface area (Å²) in [5, 5.41) is 0. The van der Waals surface area contributed by atoms with Crippen LogP contribution >= 0.6 is 0 Å². The van der Waals surface area contributed by atoms with E-state index >= 15 is 0 Å². The molecule has 1 aromatic carbocycles. The number of aromatic nitrogens is 1. The van der Waals surface area contributed by atoms with Crippen LogP contribution in [0.2, 0.25) is 0 Å². The van der Waals surface area contributed by atoms with E-state index in [0.717, 1.165) is 47.7 Å². The number of para-hydroxylation sites is 1. The molecule has 6 heteroatoms. The molecule has 0 unspecified atom stereocenters. The summed E-state index contributed by atoms with van der Waals surface area (Å²) in [6, 6.07) is 9.66. The van der Waals surface area contributed by atoms with Gasteiger partial charge in [0.25, 0.3) is 5.91 Å². The van der Waals surface area contributed by atoms with Crippen LogP contribution in [0.5, 0.6) is 11.5 Å². The van der Waals surface area contributed by atoms with Crippen molar-refractivity contribution in [2.45, 2.75) is 59.6 Å². The molecule has 0 saturated carbocycles. The zero-order valence-corrected chi connectivity index (χ0v) is 17.7. The normalized spacial score (nSPS) is 16.2. The van der Waals surface area contributed by atoms with E-state index in [1.54, 1.807) is 17.3 Å². The minimum Gasteiger partial charge on any atom is -0.483 e. The van der Waals surface area contributed by atoms with Crippen LogP contribution in [0.4, 0.5) is 0 Å². The highest BCUT2D eigenvalue weighted by atomic mass is 16.5. The van der Waals surface area contributed by atoms with Crippen molar-refractivity contribution >= 4 is 11.7 Å². The van der Waals surface area contributed by atoms with Crippen molar-refractivity contribution in [3.05, 3.63) is 65.6 Å². The topological polar surface area (TPSA) is 64.0 Å². The maximum Gasteiger partial charge on any atom is 0.266 e. The van der Waals surface area contributed by atoms with Crippen molar-refractivity contribution in [2.24, 2.45) is 4.99 Å². The van der Waals surface area contributed by atoms with E-state index < -0.39 is 0 Å². The highest BCUT2D eigenvalue weighted by molar-refractivity contribution is 5.99. The number of allylic oxidation sites excluding steroid dienone is 2. The van der Waals surface area contributed by atoms with E-state index in [2.05, 4.69) is 29.9 Å². The van der Waals surface area contributed by atoms with Gasteiger partial charge < -0.3 is 9.47 Å². The SMILES string of the molecule is C.CC1=CCCC(N(Cc2cccnc2)C(=O)COc2cccc3c2OC(C)(C)C3)=N1. The summed E-state index contributed by atoms with van der Waals surface area (Å²) >= 11 is 0. The molecular formula is C25H31N3O3. The molecule has 0 saturated heterocycles. The lowest BCUT2D eigenvalue weighted by atomic mass is 10.0. The molecule has 164 valence electrons. The van der Waals surface area contributed by atoms with Gasteiger partial charge in [-0.25, -0.2) is 4.99 Å². The van der Waals surface area contributed by atoms with Crippen LogP contribution in [0.3, 0.4) is 0 Å². The first-order chi connectivity index (χ1) is 14.4. The van der Waals surface area contributed by atoms with Gasteiger partial charge in [-0.3, -0.25) is 14.7 Å². The Bertz CT molecular complexity index is 996. The van der Waals surface area contributed by atoms with Crippen LogP contribution in [0, 0.1) is 0 Å². The molecular weight excluding hydrogens is 390 g/mol. The molecule has 0 aliphatic carbocycles. The van der Waals surface area contributed by atoms with E-state index in [1.165, 1.54) is 0 Å². The molecule has 0 bridgehead atoms. The van der Waals surface area contributed by atoms with Gasteiger partial charge in [0.2, 0.25) is 0 Å². The van der Waals surface area contributed by atoms with Crippen LogP contribution in [0.1, 0.15) is 52.2 Å². The van der Waals surface area contributed by atoms with Crippen LogP contribution in [-0.2, 0) is 17.8 Å². The smallest absolute Gasteiger partial charge is 0.266 e. The van der Waals surface area contributed by atoms with Crippen molar-refractivity contribution in [2.75, 3.05) is 6.61 Å². The van der Waals surface area contributed by atoms with E-state index in [4.69, 9.17) is 9.47 Å². The van der Waals surface area contributed by atoms with E-state index in [9.17, 15) is 4.79 Å². The highest BCUT2D eigenvalue weighted by Crippen LogP contribution is 2.41. The monoisotopic (exact) mass is 421 g/mol. The largest absolute Gasteiger partial charge is 0.483 e. The number of rotatable bonds is 5. The second-order valence-electron chi connectivity index (χ2n) is 8.32. The summed E-state index contributed by atoms with van der Waals surface area (Å²) in [4.78, 5) is 23.7. The Hall–Kier alpha value is -3.15. The van der Waals surface area contributed by atoms with Crippen LogP contribution in [0.25, 0.3) is 0 Å². The average molecular weight is 422 g/mol. The molecule has 0 spiro atoms. The Morgan fingerprint density at radius 2 is 2.10 bits per heavy atom. The van der Waals surface area contributed by atoms with E-state index in [0.29, 0.717) is 12.3 Å². The summed E-state index contributed by atoms with van der Waals surface area (Å²) in [5.41, 5.74) is 2.72. The zero-order chi connectivity index (χ0) is 21.1. The van der Waals surface area contributed by atoms with Crippen molar-refractivity contribution in [3.63, 3.8) is 0 Å². The molecule has 4 rings (SSSR count). The lowest BCUT2D eigenvalue weighted by Crippen LogP contribution is -2.40. The highest BCUT2D eigenvalue weighted by Gasteiger charge is 2.32. The predicted molar refractivity (Wildman–Crippen MR) is 122 cm³/mol. The lowest BCUT2D eigenvalue weighted by Gasteiger charge is -2.26. The van der Waals surface area contributed by atoms with Gasteiger partial charge in [0.15, 0.2) is 18.1 Å². The van der Waals surface area contributed by atoms with Gasteiger partial charge in [-0.05, 0) is 44.9 Å². The van der Waals surface area contributed by atoms with Crippen LogP contribution in [-0.4, -0.2) is 33.8 Å². The molecule has 0 fully saturated rings. The number of pyridine rings is 1. The van der Waals surface area contributed by atoms with Crippen molar-refractivity contribution in [1.29, 1.82) is 0 Å². The average Bonchev–Trinajstić information content (AvgIpc) is 3.05. The minimum absolute atomic E-state index is 0. The summed E-state index contributed by atoms with van der Waals surface area (Å²) in [7, 11) is 0. The fraction of sp³-hybridized carbons (Fsp3) is 0.400. The third kappa shape index (κ3) is 5.32. The van der Waals surface area contributed by atoms with Gasteiger partial charge in [0, 0.05) is 36.5 Å². The molecule has 3 heterocycles. The Labute approximate surface area is 184 Å². The summed E-state index contributed by atoms with van der Waals surface area (Å²) < 4.78 is 12.0. The van der Waals surface area contributed by atoms with Crippen LogP contribution in [0.15, 0.2) is 59.5 Å². The van der Waals surface area contributed by atoms with E-state index in [-0.39, 0.29) is 25.5 Å². The number of amidine groups is 1. The first kappa shape index (κ1) is 22.5. The fourth-order valence-electron chi connectivity index (χ4n) is 3.83. The molecule has 31 heavy (non-hydrogen) atoms. The number of ether oxygens (including phenoxy) is 2. The molecule has 1 aromatic heterocycles. The molecule has 1 amide bonds. The number of benzene rings is 1. The second kappa shape index (κ2) is 9.33. The number of amides is 1. The first-order valence-electron chi connectivity index (χ1n) is 10.3. The number of hydrogen-bond donors (Lipinski definition) is 0. The second-order valence-corrected chi connectivity index (χ2v) is 8.32. The molecule has 6 nitrogen and oxygen atoms in total. The van der Waals surface area contributed by atoms with Gasteiger partial charge in [-0.1, -0.05) is 31.7 Å². The van der Waals surface area contributed by atoms with Gasteiger partial charge in [0.1, 0.15) is 11.4 Å². The Morgan fingerprint density at radius 1 is 1.26 bits per heavy atom. The molecule has 0 radical (unpaired) electrons. The molecule has 2 aliphatic rings. The number of carbonyl (C=O) groups excluding carboxylic acids is 1. The quantitative estimate of drug-likeness (QED) is 0.686. The van der Waals surface area contributed by atoms with Crippen molar-refractivity contribution in [1.82, 2.24) is 9.88 Å². The Kier molecular flexibility index (Phi) is 6.78. The molecule has 0 atom stereocenters. The first-order valence-corrected chi connectivity index (χ1v) is 10.3. The maximum atomic E-state index is 13.2. The molecule has 2 aromatic rings. The third-order valence-electron chi connectivity index (χ3n) is 5.20. The Morgan fingerprint density at radius 3 is 2.84 bits per heavy atom. The lowest BCUT2D eigenvalue weighted by molar-refractivity contribution is -0.130. The fourth-order valence-corrected chi connectivity index (χ4v) is 3.83. The number of hydrogen-bond acceptors (Lipinski definition) is 5. The number of fused-ring (bicyclic) bond motifs is 1. The Balaban J connectivity index is 0.00000272. The minimum atomic E-state index is -0.265. The summed E-state index contributed by atoms with van der Waals surface area (Å²) in [6.07, 6.45) is 8.00. The van der Waals surface area contributed by atoms with Crippen LogP contribution < -0.4 is 9.47 Å². The standard InChI is InChI=1S/C24H27N3O3.CH4/c1-17-7-4-11-21(26-17)27(15-18-8-6-12-25-14-18)22(28)16-29-20-10-5-9-19-13-24(2,3)30-23(19)20;/h5-10,12,14H,4,11,13,15-16H2,1-3H3;1H4. The number of aliphatic imine (C=N–C) groups is 1. The molecule has 0 N–H and O–H groups in total.